The summed E-state index contributed by atoms with van der Waals surface area (Å²) in [5.41, 5.74) is 1.32. The summed E-state index contributed by atoms with van der Waals surface area (Å²) in [5, 5.41) is 4.78. The van der Waals surface area contributed by atoms with Crippen molar-refractivity contribution in [3.05, 3.63) is 88.7 Å². The van der Waals surface area contributed by atoms with Gasteiger partial charge < -0.3 is 10.3 Å². The van der Waals surface area contributed by atoms with E-state index >= 15 is 0 Å². The number of H-pyrrole nitrogens is 1. The molecule has 2 N–H and O–H groups in total. The van der Waals surface area contributed by atoms with Gasteiger partial charge in [-0.2, -0.15) is 0 Å². The molecule has 0 unspecified atom stereocenters. The number of hydrogen-bond donors (Lipinski definition) is 2. The van der Waals surface area contributed by atoms with Gasteiger partial charge in [-0.1, -0.05) is 5.92 Å². The molecule has 148 valence electrons. The summed E-state index contributed by atoms with van der Waals surface area (Å²) < 4.78 is 23.2. The molecule has 30 heavy (non-hydrogen) atoms. The van der Waals surface area contributed by atoms with Crippen molar-refractivity contribution in [1.82, 2.24) is 15.0 Å². The Labute approximate surface area is 172 Å². The van der Waals surface area contributed by atoms with Crippen LogP contribution in [0.25, 0.3) is 10.8 Å². The number of benzene rings is 1. The van der Waals surface area contributed by atoms with Gasteiger partial charge in [0.05, 0.1) is 10.5 Å². The minimum Gasteiger partial charge on any atom is -0.340 e. The number of pyridine rings is 3. The smallest absolute Gasteiger partial charge is 0.263 e. The van der Waals surface area contributed by atoms with E-state index in [-0.39, 0.29) is 10.5 Å². The Balaban J connectivity index is 1.68. The van der Waals surface area contributed by atoms with Gasteiger partial charge in [-0.3, -0.25) is 4.79 Å². The second kappa shape index (κ2) is 7.81. The molecule has 0 bridgehead atoms. The Kier molecular flexibility index (Phi) is 5.04. The lowest BCUT2D eigenvalue weighted by molar-refractivity contribution is 0.602. The number of fused-ring (bicyclic) bond motifs is 1. The van der Waals surface area contributed by atoms with Crippen LogP contribution in [0.2, 0.25) is 0 Å². The molecular formula is C22H16N4O3S. The van der Waals surface area contributed by atoms with Crippen molar-refractivity contribution in [1.29, 1.82) is 0 Å². The monoisotopic (exact) mass is 416 g/mol. The lowest BCUT2D eigenvalue weighted by atomic mass is 10.1. The van der Waals surface area contributed by atoms with Crippen LogP contribution in [0.3, 0.4) is 0 Å². The molecule has 0 saturated heterocycles. The van der Waals surface area contributed by atoms with E-state index in [1.165, 1.54) is 18.4 Å². The summed E-state index contributed by atoms with van der Waals surface area (Å²) >= 11 is 0. The number of anilines is 2. The fraction of sp³-hybridized carbons (Fsp3) is 0.0455. The average Bonchev–Trinajstić information content (AvgIpc) is 2.73. The molecule has 3 heterocycles. The Morgan fingerprint density at radius 3 is 2.57 bits per heavy atom. The third-order valence-electron chi connectivity index (χ3n) is 4.34. The Hall–Kier alpha value is -3.96. The molecule has 0 aliphatic heterocycles. The van der Waals surface area contributed by atoms with Crippen molar-refractivity contribution >= 4 is 32.1 Å². The molecule has 8 heteroatoms. The predicted molar refractivity (Wildman–Crippen MR) is 115 cm³/mol. The average molecular weight is 416 g/mol. The maximum Gasteiger partial charge on any atom is 0.263 e. The van der Waals surface area contributed by atoms with Gasteiger partial charge in [-0.25, -0.2) is 18.4 Å². The van der Waals surface area contributed by atoms with Gasteiger partial charge in [0.2, 0.25) is 0 Å². The third-order valence-corrected chi connectivity index (χ3v) is 5.46. The van der Waals surface area contributed by atoms with Gasteiger partial charge in [-0.15, -0.1) is 0 Å². The zero-order valence-corrected chi connectivity index (χ0v) is 16.7. The number of nitrogens with one attached hydrogen (secondary N) is 2. The van der Waals surface area contributed by atoms with E-state index in [1.807, 2.05) is 12.1 Å². The van der Waals surface area contributed by atoms with Gasteiger partial charge >= 0.3 is 0 Å². The first-order valence-corrected chi connectivity index (χ1v) is 10.8. The van der Waals surface area contributed by atoms with Gasteiger partial charge in [0.25, 0.3) is 5.56 Å². The van der Waals surface area contributed by atoms with Crippen molar-refractivity contribution in [3.8, 4) is 11.8 Å². The van der Waals surface area contributed by atoms with E-state index < -0.39 is 9.84 Å². The molecule has 3 aromatic heterocycles. The van der Waals surface area contributed by atoms with Crippen molar-refractivity contribution < 1.29 is 8.42 Å². The summed E-state index contributed by atoms with van der Waals surface area (Å²) in [6.45, 7) is 0. The van der Waals surface area contributed by atoms with Gasteiger partial charge in [0.15, 0.2) is 9.84 Å². The highest BCUT2D eigenvalue weighted by atomic mass is 32.2. The van der Waals surface area contributed by atoms with E-state index in [0.717, 1.165) is 10.8 Å². The van der Waals surface area contributed by atoms with E-state index in [1.54, 1.807) is 42.9 Å². The highest BCUT2D eigenvalue weighted by Gasteiger charge is 2.07. The van der Waals surface area contributed by atoms with E-state index in [4.69, 9.17) is 0 Å². The lowest BCUT2D eigenvalue weighted by Gasteiger charge is -2.08. The lowest BCUT2D eigenvalue weighted by Crippen LogP contribution is -2.07. The zero-order valence-electron chi connectivity index (χ0n) is 15.9. The molecule has 0 radical (unpaired) electrons. The second-order valence-corrected chi connectivity index (χ2v) is 8.55. The van der Waals surface area contributed by atoms with Crippen molar-refractivity contribution in [2.24, 2.45) is 0 Å². The highest BCUT2D eigenvalue weighted by molar-refractivity contribution is 7.90. The number of hydrogen-bond acceptors (Lipinski definition) is 6. The minimum absolute atomic E-state index is 0.247. The fourth-order valence-corrected chi connectivity index (χ4v) is 3.44. The topological polar surface area (TPSA) is 105 Å². The Morgan fingerprint density at radius 1 is 1.03 bits per heavy atom. The predicted octanol–water partition coefficient (Wildman–Crippen LogP) is 2.87. The quantitative estimate of drug-likeness (QED) is 0.498. The van der Waals surface area contributed by atoms with Crippen LogP contribution in [0.1, 0.15) is 11.3 Å². The van der Waals surface area contributed by atoms with E-state index in [2.05, 4.69) is 32.1 Å². The molecule has 1 aromatic carbocycles. The summed E-state index contributed by atoms with van der Waals surface area (Å²) in [5.74, 6) is 6.37. The third kappa shape index (κ3) is 4.21. The molecule has 4 rings (SSSR count). The van der Waals surface area contributed by atoms with E-state index in [0.29, 0.717) is 22.8 Å². The molecule has 0 spiro atoms. The van der Waals surface area contributed by atoms with Crippen LogP contribution in [0.4, 0.5) is 11.5 Å². The second-order valence-electron chi connectivity index (χ2n) is 6.53. The van der Waals surface area contributed by atoms with Crippen LogP contribution < -0.4 is 10.9 Å². The van der Waals surface area contributed by atoms with Crippen LogP contribution in [-0.2, 0) is 9.84 Å². The summed E-state index contributed by atoms with van der Waals surface area (Å²) in [6, 6.07) is 13.4. The van der Waals surface area contributed by atoms with Crippen molar-refractivity contribution in [3.63, 3.8) is 0 Å². The molecule has 7 nitrogen and oxygen atoms in total. The normalized spacial score (nSPS) is 11.0. The molecule has 0 fully saturated rings. The molecular weight excluding hydrogens is 400 g/mol. The number of rotatable bonds is 3. The molecule has 0 aliphatic rings. The highest BCUT2D eigenvalue weighted by Crippen LogP contribution is 2.22. The molecule has 0 atom stereocenters. The zero-order chi connectivity index (χ0) is 21.1. The first kappa shape index (κ1) is 19.4. The van der Waals surface area contributed by atoms with Gasteiger partial charge in [-0.05, 0) is 54.5 Å². The standard InChI is InChI=1S/C22H16N4O3S/c1-30(28,29)18-7-5-17(6-8-18)26-21-13-19-16(14-25-21)10-12-23-20(19)9-4-15-3-2-11-24-22(15)27/h2-3,5-8,10-14H,1H3,(H,24,27)(H,25,26). The molecule has 4 aromatic rings. The van der Waals surface area contributed by atoms with Crippen LogP contribution >= 0.6 is 0 Å². The van der Waals surface area contributed by atoms with Crippen LogP contribution in [0.15, 0.2) is 76.8 Å². The fourth-order valence-electron chi connectivity index (χ4n) is 2.81. The van der Waals surface area contributed by atoms with Gasteiger partial charge in [0, 0.05) is 41.3 Å². The molecule has 0 aliphatic carbocycles. The maximum absolute atomic E-state index is 11.8. The summed E-state index contributed by atoms with van der Waals surface area (Å²) in [7, 11) is -3.25. The van der Waals surface area contributed by atoms with Crippen LogP contribution in [0, 0.1) is 11.8 Å². The first-order valence-electron chi connectivity index (χ1n) is 8.92. The summed E-state index contributed by atoms with van der Waals surface area (Å²) in [6.07, 6.45) is 6.06. The number of aromatic amines is 1. The molecule has 0 saturated carbocycles. The SMILES string of the molecule is CS(=O)(=O)c1ccc(Nc2cc3c(C#Cc4ccc[nH]c4=O)nccc3cn2)cc1. The largest absolute Gasteiger partial charge is 0.340 e. The Bertz CT molecular complexity index is 1460. The maximum atomic E-state index is 11.8. The van der Waals surface area contributed by atoms with E-state index in [9.17, 15) is 13.2 Å². The first-order chi connectivity index (χ1) is 14.4. The van der Waals surface area contributed by atoms with Crippen LogP contribution in [0.5, 0.6) is 0 Å². The Morgan fingerprint density at radius 2 is 1.83 bits per heavy atom. The molecule has 0 amide bonds. The van der Waals surface area contributed by atoms with Gasteiger partial charge in [0.1, 0.15) is 11.5 Å². The van der Waals surface area contributed by atoms with Crippen molar-refractivity contribution in [2.75, 3.05) is 11.6 Å². The summed E-state index contributed by atoms with van der Waals surface area (Å²) in [4.78, 5) is 23.4. The number of aromatic nitrogens is 3. The van der Waals surface area contributed by atoms with Crippen molar-refractivity contribution in [2.45, 2.75) is 4.90 Å². The minimum atomic E-state index is -3.25. The van der Waals surface area contributed by atoms with Crippen LogP contribution in [-0.4, -0.2) is 29.6 Å². The number of sulfone groups is 1. The number of nitrogens with zero attached hydrogens (tertiary/aromatic N) is 2.